The number of aromatic carboxylic acids is 1. The molecule has 1 aliphatic carbocycles. The Balaban J connectivity index is 1.57. The summed E-state index contributed by atoms with van der Waals surface area (Å²) >= 11 is 3.04. The lowest BCUT2D eigenvalue weighted by Crippen LogP contribution is -2.38. The molecule has 3 heterocycles. The molecule has 0 fully saturated rings. The van der Waals surface area contributed by atoms with Crippen LogP contribution in [0.25, 0.3) is 11.8 Å². The molecule has 33 heavy (non-hydrogen) atoms. The van der Waals surface area contributed by atoms with Gasteiger partial charge in [0.1, 0.15) is 0 Å². The van der Waals surface area contributed by atoms with Crippen LogP contribution in [0, 0.1) is 0 Å². The molecule has 0 radical (unpaired) electrons. The van der Waals surface area contributed by atoms with Crippen LogP contribution in [0.3, 0.4) is 0 Å². The fourth-order valence-electron chi connectivity index (χ4n) is 4.59. The number of fused-ring (bicyclic) bond motifs is 3. The SMILES string of the molecule is O=C(O)c1ccc(/C=c2\sc3n(c2=O)[C@H](c2cccs2)C2=C(N=3)c3ccccc3CC2)cc1. The van der Waals surface area contributed by atoms with Crippen molar-refractivity contribution < 1.29 is 9.90 Å². The summed E-state index contributed by atoms with van der Waals surface area (Å²) in [7, 11) is 0. The van der Waals surface area contributed by atoms with Crippen molar-refractivity contribution in [3.05, 3.63) is 118 Å². The number of carboxylic acid groups (broad SMARTS) is 1. The van der Waals surface area contributed by atoms with Gasteiger partial charge in [-0.2, -0.15) is 0 Å². The van der Waals surface area contributed by atoms with Crippen molar-refractivity contribution in [3.63, 3.8) is 0 Å². The molecular formula is C26H18N2O3S2. The summed E-state index contributed by atoms with van der Waals surface area (Å²) in [6.45, 7) is 0. The van der Waals surface area contributed by atoms with Crippen molar-refractivity contribution in [2.24, 2.45) is 4.99 Å². The largest absolute Gasteiger partial charge is 0.478 e. The predicted octanol–water partition coefficient (Wildman–Crippen LogP) is 4.08. The van der Waals surface area contributed by atoms with Crippen LogP contribution in [-0.4, -0.2) is 15.6 Å². The number of carbonyl (C=O) groups is 1. The molecule has 2 aromatic heterocycles. The molecule has 162 valence electrons. The van der Waals surface area contributed by atoms with E-state index >= 15 is 0 Å². The van der Waals surface area contributed by atoms with Crippen LogP contribution in [0.2, 0.25) is 0 Å². The Morgan fingerprint density at radius 1 is 1.06 bits per heavy atom. The summed E-state index contributed by atoms with van der Waals surface area (Å²) < 4.78 is 2.42. The maximum atomic E-state index is 13.6. The number of hydrogen-bond acceptors (Lipinski definition) is 5. The van der Waals surface area contributed by atoms with Crippen molar-refractivity contribution in [1.29, 1.82) is 0 Å². The maximum absolute atomic E-state index is 13.6. The van der Waals surface area contributed by atoms with Gasteiger partial charge in [0.15, 0.2) is 4.80 Å². The van der Waals surface area contributed by atoms with Crippen molar-refractivity contribution in [3.8, 4) is 0 Å². The molecular weight excluding hydrogens is 452 g/mol. The highest BCUT2D eigenvalue weighted by Crippen LogP contribution is 2.42. The average molecular weight is 471 g/mol. The number of aryl methyl sites for hydroxylation is 1. The fraction of sp³-hybridized carbons (Fsp3) is 0.115. The first kappa shape index (κ1) is 20.1. The molecule has 1 aliphatic heterocycles. The average Bonchev–Trinajstić information content (AvgIpc) is 3.47. The van der Waals surface area contributed by atoms with E-state index in [0.29, 0.717) is 9.33 Å². The zero-order chi connectivity index (χ0) is 22.5. The van der Waals surface area contributed by atoms with Gasteiger partial charge < -0.3 is 5.11 Å². The molecule has 2 aliphatic rings. The molecule has 4 aromatic rings. The second-order valence-electron chi connectivity index (χ2n) is 8.06. The molecule has 2 aromatic carbocycles. The van der Waals surface area contributed by atoms with E-state index in [1.54, 1.807) is 35.6 Å². The van der Waals surface area contributed by atoms with Crippen molar-refractivity contribution in [2.45, 2.75) is 18.9 Å². The summed E-state index contributed by atoms with van der Waals surface area (Å²) in [6.07, 6.45) is 3.63. The highest BCUT2D eigenvalue weighted by atomic mass is 32.1. The van der Waals surface area contributed by atoms with E-state index in [9.17, 15) is 9.59 Å². The number of thiophene rings is 1. The number of allylic oxidation sites excluding steroid dienone is 1. The van der Waals surface area contributed by atoms with E-state index < -0.39 is 5.97 Å². The van der Waals surface area contributed by atoms with Crippen molar-refractivity contribution >= 4 is 40.4 Å². The van der Waals surface area contributed by atoms with Crippen molar-refractivity contribution in [2.75, 3.05) is 0 Å². The summed E-state index contributed by atoms with van der Waals surface area (Å²) in [5.74, 6) is -0.970. The predicted molar refractivity (Wildman–Crippen MR) is 130 cm³/mol. The van der Waals surface area contributed by atoms with Gasteiger partial charge in [-0.15, -0.1) is 11.3 Å². The minimum Gasteiger partial charge on any atom is -0.478 e. The Morgan fingerprint density at radius 2 is 1.88 bits per heavy atom. The first-order chi connectivity index (χ1) is 16.1. The number of hydrogen-bond donors (Lipinski definition) is 1. The Bertz CT molecular complexity index is 1610. The van der Waals surface area contributed by atoms with Gasteiger partial charge in [0.25, 0.3) is 5.56 Å². The van der Waals surface area contributed by atoms with Gasteiger partial charge in [0.2, 0.25) is 0 Å². The van der Waals surface area contributed by atoms with Crippen LogP contribution >= 0.6 is 22.7 Å². The summed E-state index contributed by atoms with van der Waals surface area (Å²) in [5.41, 5.74) is 5.58. The molecule has 5 nitrogen and oxygen atoms in total. The maximum Gasteiger partial charge on any atom is 0.335 e. The van der Waals surface area contributed by atoms with Gasteiger partial charge in [0, 0.05) is 10.4 Å². The number of rotatable bonds is 3. The summed E-state index contributed by atoms with van der Waals surface area (Å²) in [4.78, 5) is 31.6. The standard InChI is InChI=1S/C26H18N2O3S2/c29-24-21(14-15-7-9-17(10-8-15)25(30)31)33-26-27-22-18-5-2-1-4-16(18)11-12-19(22)23(28(24)26)20-6-3-13-32-20/h1-10,13-14,23H,11-12H2,(H,30,31)/b21-14-/t23-/m0/s1. The van der Waals surface area contributed by atoms with Gasteiger partial charge in [-0.3, -0.25) is 9.36 Å². The Kier molecular flexibility index (Phi) is 4.74. The number of thiazole rings is 1. The third-order valence-electron chi connectivity index (χ3n) is 6.14. The molecule has 1 atom stereocenters. The molecule has 7 heteroatoms. The van der Waals surface area contributed by atoms with Crippen LogP contribution in [0.4, 0.5) is 0 Å². The molecule has 1 N–H and O–H groups in total. The molecule has 0 saturated heterocycles. The van der Waals surface area contributed by atoms with Gasteiger partial charge in [-0.1, -0.05) is 53.8 Å². The Hall–Kier alpha value is -3.55. The van der Waals surface area contributed by atoms with E-state index in [1.165, 1.54) is 22.5 Å². The minimum absolute atomic E-state index is 0.0649. The second kappa shape index (κ2) is 7.79. The number of aromatic nitrogens is 1. The Labute approximate surface area is 196 Å². The zero-order valence-corrected chi connectivity index (χ0v) is 19.0. The molecule has 0 unspecified atom stereocenters. The molecule has 0 spiro atoms. The van der Waals surface area contributed by atoms with Gasteiger partial charge in [-0.05, 0) is 59.2 Å². The van der Waals surface area contributed by atoms with E-state index in [4.69, 9.17) is 10.1 Å². The first-order valence-electron chi connectivity index (χ1n) is 10.6. The van der Waals surface area contributed by atoms with Crippen molar-refractivity contribution in [1.82, 2.24) is 4.57 Å². The first-order valence-corrected chi connectivity index (χ1v) is 12.3. The third kappa shape index (κ3) is 3.32. The van der Waals surface area contributed by atoms with Gasteiger partial charge in [0.05, 0.1) is 21.8 Å². The van der Waals surface area contributed by atoms with Crippen LogP contribution in [0.5, 0.6) is 0 Å². The summed E-state index contributed by atoms with van der Waals surface area (Å²) in [5, 5.41) is 11.2. The monoisotopic (exact) mass is 470 g/mol. The lowest BCUT2D eigenvalue weighted by Gasteiger charge is -2.30. The second-order valence-corrected chi connectivity index (χ2v) is 10.0. The fourth-order valence-corrected chi connectivity index (χ4v) is 6.44. The lowest BCUT2D eigenvalue weighted by atomic mass is 9.85. The minimum atomic E-state index is -0.970. The van der Waals surface area contributed by atoms with E-state index in [0.717, 1.165) is 34.5 Å². The summed E-state index contributed by atoms with van der Waals surface area (Å²) in [6, 6.07) is 18.9. The molecule has 0 amide bonds. The van der Waals surface area contributed by atoms with Crippen LogP contribution in [0.1, 0.15) is 44.4 Å². The number of benzene rings is 2. The normalized spacial score (nSPS) is 17.2. The number of carboxylic acids is 1. The van der Waals surface area contributed by atoms with Crippen LogP contribution in [0.15, 0.2) is 81.4 Å². The third-order valence-corrected chi connectivity index (χ3v) is 8.05. The smallest absolute Gasteiger partial charge is 0.335 e. The van der Waals surface area contributed by atoms with Gasteiger partial charge in [-0.25, -0.2) is 9.79 Å². The van der Waals surface area contributed by atoms with E-state index in [2.05, 4.69) is 24.3 Å². The molecule has 0 bridgehead atoms. The van der Waals surface area contributed by atoms with E-state index in [-0.39, 0.29) is 17.2 Å². The van der Waals surface area contributed by atoms with Crippen LogP contribution < -0.4 is 14.9 Å². The Morgan fingerprint density at radius 3 is 2.64 bits per heavy atom. The zero-order valence-electron chi connectivity index (χ0n) is 17.4. The highest BCUT2D eigenvalue weighted by molar-refractivity contribution is 7.10. The topological polar surface area (TPSA) is 71.7 Å². The van der Waals surface area contributed by atoms with Crippen LogP contribution in [-0.2, 0) is 6.42 Å². The molecule has 6 rings (SSSR count). The lowest BCUT2D eigenvalue weighted by molar-refractivity contribution is 0.0697. The number of nitrogens with zero attached hydrogens (tertiary/aromatic N) is 2. The highest BCUT2D eigenvalue weighted by Gasteiger charge is 2.32. The van der Waals surface area contributed by atoms with Gasteiger partial charge >= 0.3 is 5.97 Å². The van der Waals surface area contributed by atoms with E-state index in [1.807, 2.05) is 28.2 Å². The quantitative estimate of drug-likeness (QED) is 0.491. The molecule has 0 saturated carbocycles.